The Hall–Kier alpha value is -2.07. The molecule has 1 saturated carbocycles. The quantitative estimate of drug-likeness (QED) is 0.795. The van der Waals surface area contributed by atoms with Crippen LogP contribution in [0.4, 0.5) is 4.79 Å². The number of carbonyl (C=O) groups is 1. The van der Waals surface area contributed by atoms with Crippen LogP contribution >= 0.6 is 0 Å². The van der Waals surface area contributed by atoms with Gasteiger partial charge in [-0.05, 0) is 48.9 Å². The molecule has 1 aliphatic rings. The first kappa shape index (κ1) is 15.8. The maximum Gasteiger partial charge on any atom is 0.315 e. The van der Waals surface area contributed by atoms with Gasteiger partial charge in [-0.25, -0.2) is 4.79 Å². The summed E-state index contributed by atoms with van der Waals surface area (Å²) in [5.74, 6) is 0. The van der Waals surface area contributed by atoms with Crippen LogP contribution in [0.1, 0.15) is 31.7 Å². The molecule has 1 atom stereocenters. The minimum absolute atomic E-state index is 0.0344. The number of urea groups is 1. The average Bonchev–Trinajstić information content (AvgIpc) is 2.51. The Bertz CT molecular complexity index is 695. The summed E-state index contributed by atoms with van der Waals surface area (Å²) in [6.07, 6.45) is 3.38. The van der Waals surface area contributed by atoms with Gasteiger partial charge >= 0.3 is 6.03 Å². The molecule has 1 fully saturated rings. The second-order valence-corrected chi connectivity index (χ2v) is 6.69. The number of hydrogen-bond donors (Lipinski definition) is 3. The number of hydrogen-bond acceptors (Lipinski definition) is 2. The number of amides is 2. The normalized spacial score (nSPS) is 17.3. The van der Waals surface area contributed by atoms with Gasteiger partial charge in [-0.1, -0.05) is 42.5 Å². The Kier molecular flexibility index (Phi) is 4.53. The summed E-state index contributed by atoms with van der Waals surface area (Å²) in [6, 6.07) is 14.5. The van der Waals surface area contributed by atoms with E-state index in [4.69, 9.17) is 0 Å². The molecule has 0 saturated heterocycles. The zero-order valence-electron chi connectivity index (χ0n) is 13.5. The fourth-order valence-electron chi connectivity index (χ4n) is 3.05. The molecule has 2 amide bonds. The van der Waals surface area contributed by atoms with E-state index in [0.29, 0.717) is 6.54 Å². The van der Waals surface area contributed by atoms with E-state index in [9.17, 15) is 9.90 Å². The Morgan fingerprint density at radius 2 is 1.96 bits per heavy atom. The van der Waals surface area contributed by atoms with Crippen LogP contribution in [0, 0.1) is 0 Å². The van der Waals surface area contributed by atoms with Crippen LogP contribution in [0.5, 0.6) is 0 Å². The van der Waals surface area contributed by atoms with Crippen molar-refractivity contribution < 1.29 is 9.90 Å². The number of fused-ring (bicyclic) bond motifs is 1. The van der Waals surface area contributed by atoms with Gasteiger partial charge < -0.3 is 15.7 Å². The summed E-state index contributed by atoms with van der Waals surface area (Å²) in [5, 5.41) is 18.1. The van der Waals surface area contributed by atoms with Crippen LogP contribution in [0.3, 0.4) is 0 Å². The summed E-state index contributed by atoms with van der Waals surface area (Å²) in [5.41, 5.74) is 0.521. The van der Waals surface area contributed by atoms with Crippen molar-refractivity contribution in [1.29, 1.82) is 0 Å². The van der Waals surface area contributed by atoms with Crippen molar-refractivity contribution >= 4 is 16.8 Å². The third-order valence-electron chi connectivity index (χ3n) is 4.60. The van der Waals surface area contributed by atoms with Gasteiger partial charge in [0.2, 0.25) is 0 Å². The first-order chi connectivity index (χ1) is 11.0. The van der Waals surface area contributed by atoms with Crippen molar-refractivity contribution in [3.8, 4) is 0 Å². The van der Waals surface area contributed by atoms with Crippen LogP contribution in [-0.2, 0) is 6.42 Å². The van der Waals surface area contributed by atoms with E-state index in [1.165, 1.54) is 16.3 Å². The second-order valence-electron chi connectivity index (χ2n) is 6.69. The van der Waals surface area contributed by atoms with Gasteiger partial charge in [0.25, 0.3) is 0 Å². The van der Waals surface area contributed by atoms with E-state index in [2.05, 4.69) is 41.0 Å². The molecule has 0 bridgehead atoms. The standard InChI is InChI=1S/C19H24N2O2/c1-14(21-18(22)20-13-19(23)9-4-10-19)11-15-7-8-16-5-2-3-6-17(16)12-15/h2-3,5-8,12,14,23H,4,9-11,13H2,1H3,(H2,20,21,22). The van der Waals surface area contributed by atoms with Gasteiger partial charge in [0.05, 0.1) is 5.60 Å². The molecule has 122 valence electrons. The molecule has 4 heteroatoms. The second kappa shape index (κ2) is 6.59. The van der Waals surface area contributed by atoms with Gasteiger partial charge in [-0.15, -0.1) is 0 Å². The summed E-state index contributed by atoms with van der Waals surface area (Å²) >= 11 is 0. The summed E-state index contributed by atoms with van der Waals surface area (Å²) < 4.78 is 0. The van der Waals surface area contributed by atoms with Gasteiger partial charge in [-0.3, -0.25) is 0 Å². The predicted octanol–water partition coefficient (Wildman–Crippen LogP) is 2.99. The summed E-state index contributed by atoms with van der Waals surface area (Å²) in [4.78, 5) is 11.9. The monoisotopic (exact) mass is 312 g/mol. The molecular weight excluding hydrogens is 288 g/mol. The first-order valence-electron chi connectivity index (χ1n) is 8.29. The van der Waals surface area contributed by atoms with Crippen molar-refractivity contribution in [2.45, 2.75) is 44.2 Å². The molecule has 0 spiro atoms. The molecule has 0 aromatic heterocycles. The maximum absolute atomic E-state index is 11.9. The molecule has 2 aromatic rings. The molecular formula is C19H24N2O2. The van der Waals surface area contributed by atoms with E-state index < -0.39 is 5.60 Å². The zero-order chi connectivity index (χ0) is 16.3. The highest BCUT2D eigenvalue weighted by molar-refractivity contribution is 5.83. The van der Waals surface area contributed by atoms with Crippen LogP contribution in [0.2, 0.25) is 0 Å². The zero-order valence-corrected chi connectivity index (χ0v) is 13.5. The Morgan fingerprint density at radius 1 is 1.22 bits per heavy atom. The first-order valence-corrected chi connectivity index (χ1v) is 8.29. The van der Waals surface area contributed by atoms with E-state index in [1.54, 1.807) is 0 Å². The van der Waals surface area contributed by atoms with Crippen LogP contribution in [0.15, 0.2) is 42.5 Å². The third kappa shape index (κ3) is 4.02. The molecule has 23 heavy (non-hydrogen) atoms. The fourth-order valence-corrected chi connectivity index (χ4v) is 3.05. The smallest absolute Gasteiger partial charge is 0.315 e. The van der Waals surface area contributed by atoms with Crippen molar-refractivity contribution in [2.24, 2.45) is 0 Å². The van der Waals surface area contributed by atoms with Crippen LogP contribution in [-0.4, -0.2) is 29.3 Å². The Labute approximate surface area is 136 Å². The van der Waals surface area contributed by atoms with Gasteiger partial charge in [0, 0.05) is 12.6 Å². The highest BCUT2D eigenvalue weighted by atomic mass is 16.3. The van der Waals surface area contributed by atoms with Crippen molar-refractivity contribution in [3.63, 3.8) is 0 Å². The number of nitrogens with one attached hydrogen (secondary N) is 2. The van der Waals surface area contributed by atoms with Crippen LogP contribution < -0.4 is 10.6 Å². The Balaban J connectivity index is 1.51. The molecule has 0 radical (unpaired) electrons. The average molecular weight is 312 g/mol. The lowest BCUT2D eigenvalue weighted by Crippen LogP contribution is -2.51. The van der Waals surface area contributed by atoms with Gasteiger partial charge in [0.15, 0.2) is 0 Å². The molecule has 1 unspecified atom stereocenters. The number of carbonyl (C=O) groups excluding carboxylic acids is 1. The molecule has 0 aliphatic heterocycles. The molecule has 3 rings (SSSR count). The molecule has 1 aliphatic carbocycles. The largest absolute Gasteiger partial charge is 0.388 e. The topological polar surface area (TPSA) is 61.4 Å². The summed E-state index contributed by atoms with van der Waals surface area (Å²) in [7, 11) is 0. The summed E-state index contributed by atoms with van der Waals surface area (Å²) in [6.45, 7) is 2.33. The third-order valence-corrected chi connectivity index (χ3v) is 4.60. The van der Waals surface area contributed by atoms with Crippen molar-refractivity contribution in [1.82, 2.24) is 10.6 Å². The highest BCUT2D eigenvalue weighted by Crippen LogP contribution is 2.30. The van der Waals surface area contributed by atoms with Crippen molar-refractivity contribution in [3.05, 3.63) is 48.0 Å². The minimum atomic E-state index is -0.682. The minimum Gasteiger partial charge on any atom is -0.388 e. The Morgan fingerprint density at radius 3 is 2.65 bits per heavy atom. The number of rotatable bonds is 5. The number of benzene rings is 2. The molecule has 4 nitrogen and oxygen atoms in total. The van der Waals surface area contributed by atoms with E-state index >= 15 is 0 Å². The maximum atomic E-state index is 11.9. The highest BCUT2D eigenvalue weighted by Gasteiger charge is 2.34. The number of aliphatic hydroxyl groups is 1. The van der Waals surface area contributed by atoms with Gasteiger partial charge in [-0.2, -0.15) is 0 Å². The van der Waals surface area contributed by atoms with Gasteiger partial charge in [0.1, 0.15) is 0 Å². The van der Waals surface area contributed by atoms with Crippen molar-refractivity contribution in [2.75, 3.05) is 6.54 Å². The SMILES string of the molecule is CC(Cc1ccc2ccccc2c1)NC(=O)NCC1(O)CCC1. The molecule has 0 heterocycles. The lowest BCUT2D eigenvalue weighted by atomic mass is 9.80. The molecule has 2 aromatic carbocycles. The molecule has 3 N–H and O–H groups in total. The van der Waals surface area contributed by atoms with Crippen LogP contribution in [0.25, 0.3) is 10.8 Å². The predicted molar refractivity (Wildman–Crippen MR) is 92.4 cm³/mol. The lowest BCUT2D eigenvalue weighted by Gasteiger charge is -2.36. The van der Waals surface area contributed by atoms with E-state index in [1.807, 2.05) is 19.1 Å². The van der Waals surface area contributed by atoms with E-state index in [-0.39, 0.29) is 12.1 Å². The van der Waals surface area contributed by atoms with E-state index in [0.717, 1.165) is 25.7 Å². The lowest BCUT2D eigenvalue weighted by molar-refractivity contribution is -0.0290. The fraction of sp³-hybridized carbons (Fsp3) is 0.421.